The van der Waals surface area contributed by atoms with Crippen LogP contribution in [0.15, 0.2) is 27.6 Å². The topological polar surface area (TPSA) is 39.4 Å². The summed E-state index contributed by atoms with van der Waals surface area (Å²) in [5.74, 6) is 0.595. The van der Waals surface area contributed by atoms with Crippen LogP contribution in [0, 0.1) is 0 Å². The van der Waals surface area contributed by atoms with Crippen LogP contribution in [0.25, 0.3) is 0 Å². The van der Waals surface area contributed by atoms with Gasteiger partial charge in [-0.2, -0.15) is 0 Å². The molecule has 1 aromatic heterocycles. The van der Waals surface area contributed by atoms with Crippen LogP contribution in [0.1, 0.15) is 26.5 Å². The largest absolute Gasteiger partial charge is 0.467 e. The third kappa shape index (κ3) is 3.32. The molecule has 0 saturated heterocycles. The van der Waals surface area contributed by atoms with Gasteiger partial charge in [0, 0.05) is 12.1 Å². The molecule has 0 aliphatic carbocycles. The van der Waals surface area contributed by atoms with Gasteiger partial charge in [-0.15, -0.1) is 0 Å². The van der Waals surface area contributed by atoms with E-state index in [1.54, 1.807) is 0 Å². The molecule has 0 amide bonds. The van der Waals surface area contributed by atoms with E-state index >= 15 is 0 Å². The summed E-state index contributed by atoms with van der Waals surface area (Å²) in [6, 6.07) is 2.88. The molecule has 0 atom stereocenters. The first-order chi connectivity index (χ1) is 7.22. The van der Waals surface area contributed by atoms with Crippen molar-refractivity contribution in [2.75, 3.05) is 0 Å². The molecular weight excluding hydrogens is 220 g/mol. The molecule has 3 nitrogen and oxygen atoms in total. The normalized spacial score (nSPS) is 12.8. The molecule has 4 heteroatoms. The van der Waals surface area contributed by atoms with Gasteiger partial charge >= 0.3 is 0 Å². The van der Waals surface area contributed by atoms with Crippen LogP contribution < -0.4 is 5.43 Å². The summed E-state index contributed by atoms with van der Waals surface area (Å²) in [7, 11) is -1.77. The molecule has 0 bridgehead atoms. The lowest BCUT2D eigenvalue weighted by Gasteiger charge is -2.35. The Labute approximate surface area is 97.6 Å². The molecule has 0 saturated carbocycles. The lowest BCUT2D eigenvalue weighted by Crippen LogP contribution is -2.40. The predicted octanol–water partition coefficient (Wildman–Crippen LogP) is 3.16. The van der Waals surface area contributed by atoms with Gasteiger partial charge in [0.15, 0.2) is 13.7 Å². The molecule has 0 aliphatic rings. The van der Waals surface area contributed by atoms with Crippen LogP contribution in [-0.2, 0) is 11.0 Å². The summed E-state index contributed by atoms with van der Waals surface area (Å²) in [4.78, 5) is 11.1. The molecule has 0 aliphatic heterocycles. The lowest BCUT2D eigenvalue weighted by atomic mass is 10.2. The Balaban J connectivity index is 2.68. The molecule has 0 radical (unpaired) electrons. The molecule has 1 aromatic rings. The standard InChI is InChI=1S/C12H20O3Si/c1-12(2,3)16(4,5)15-9-11-8-10(13)6-7-14-11/h6-8H,9H2,1-5H3. The summed E-state index contributed by atoms with van der Waals surface area (Å²) in [6.45, 7) is 11.3. The van der Waals surface area contributed by atoms with Crippen molar-refractivity contribution in [1.29, 1.82) is 0 Å². The van der Waals surface area contributed by atoms with Gasteiger partial charge in [0.2, 0.25) is 0 Å². The zero-order chi connectivity index (χ0) is 12.4. The van der Waals surface area contributed by atoms with Gasteiger partial charge in [0.1, 0.15) is 5.76 Å². The number of hydrogen-bond acceptors (Lipinski definition) is 3. The molecular formula is C12H20O3Si. The van der Waals surface area contributed by atoms with E-state index < -0.39 is 8.32 Å². The molecule has 1 heterocycles. The highest BCUT2D eigenvalue weighted by molar-refractivity contribution is 6.74. The van der Waals surface area contributed by atoms with Gasteiger partial charge in [-0.1, -0.05) is 20.8 Å². The average Bonchev–Trinajstić information content (AvgIpc) is 2.13. The first-order valence-electron chi connectivity index (χ1n) is 5.44. The molecule has 0 unspecified atom stereocenters. The first kappa shape index (κ1) is 13.2. The third-order valence-corrected chi connectivity index (χ3v) is 7.61. The Kier molecular flexibility index (Phi) is 3.75. The van der Waals surface area contributed by atoms with E-state index in [0.717, 1.165) is 0 Å². The van der Waals surface area contributed by atoms with Crippen molar-refractivity contribution in [1.82, 2.24) is 0 Å². The number of hydrogen-bond donors (Lipinski definition) is 0. The summed E-state index contributed by atoms with van der Waals surface area (Å²) >= 11 is 0. The first-order valence-corrected chi connectivity index (χ1v) is 8.35. The maximum Gasteiger partial charge on any atom is 0.192 e. The van der Waals surface area contributed by atoms with Gasteiger partial charge in [0.25, 0.3) is 0 Å². The monoisotopic (exact) mass is 240 g/mol. The highest BCUT2D eigenvalue weighted by Gasteiger charge is 2.37. The molecule has 16 heavy (non-hydrogen) atoms. The van der Waals surface area contributed by atoms with E-state index in [1.165, 1.54) is 18.4 Å². The van der Waals surface area contributed by atoms with Crippen molar-refractivity contribution in [2.45, 2.75) is 45.5 Å². The average molecular weight is 240 g/mol. The van der Waals surface area contributed by atoms with Crippen molar-refractivity contribution in [3.63, 3.8) is 0 Å². The van der Waals surface area contributed by atoms with Crippen LogP contribution in [-0.4, -0.2) is 8.32 Å². The molecule has 0 aromatic carbocycles. The fraction of sp³-hybridized carbons (Fsp3) is 0.583. The Morgan fingerprint density at radius 1 is 1.38 bits per heavy atom. The minimum absolute atomic E-state index is 0.0416. The highest BCUT2D eigenvalue weighted by atomic mass is 28.4. The Morgan fingerprint density at radius 2 is 2.00 bits per heavy atom. The Bertz CT molecular complexity index is 401. The number of rotatable bonds is 3. The smallest absolute Gasteiger partial charge is 0.192 e. The van der Waals surface area contributed by atoms with E-state index in [0.29, 0.717) is 12.4 Å². The van der Waals surface area contributed by atoms with E-state index in [9.17, 15) is 4.79 Å². The van der Waals surface area contributed by atoms with Crippen LogP contribution in [0.5, 0.6) is 0 Å². The van der Waals surface area contributed by atoms with E-state index in [2.05, 4.69) is 33.9 Å². The molecule has 0 fully saturated rings. The van der Waals surface area contributed by atoms with Gasteiger partial charge in [-0.05, 0) is 18.1 Å². The van der Waals surface area contributed by atoms with Gasteiger partial charge in [0.05, 0.1) is 12.9 Å². The van der Waals surface area contributed by atoms with Crippen molar-refractivity contribution in [3.8, 4) is 0 Å². The molecule has 90 valence electrons. The zero-order valence-corrected chi connectivity index (χ0v) is 11.7. The molecule has 1 rings (SSSR count). The summed E-state index contributed by atoms with van der Waals surface area (Å²) in [6.07, 6.45) is 1.41. The van der Waals surface area contributed by atoms with Crippen LogP contribution in [0.2, 0.25) is 18.1 Å². The zero-order valence-electron chi connectivity index (χ0n) is 10.7. The van der Waals surface area contributed by atoms with Crippen molar-refractivity contribution < 1.29 is 8.84 Å². The molecule has 0 N–H and O–H groups in total. The maximum atomic E-state index is 11.1. The fourth-order valence-corrected chi connectivity index (χ4v) is 1.91. The van der Waals surface area contributed by atoms with E-state index in [-0.39, 0.29) is 10.5 Å². The van der Waals surface area contributed by atoms with Crippen molar-refractivity contribution in [2.24, 2.45) is 0 Å². The summed E-state index contributed by atoms with van der Waals surface area (Å²) in [5, 5.41) is 0.169. The van der Waals surface area contributed by atoms with Crippen LogP contribution >= 0.6 is 0 Å². The Morgan fingerprint density at radius 3 is 2.50 bits per heavy atom. The minimum atomic E-state index is -1.77. The van der Waals surface area contributed by atoms with Crippen molar-refractivity contribution in [3.05, 3.63) is 34.4 Å². The predicted molar refractivity (Wildman–Crippen MR) is 67.0 cm³/mol. The quantitative estimate of drug-likeness (QED) is 0.762. The second-order valence-corrected chi connectivity index (χ2v) is 10.3. The lowest BCUT2D eigenvalue weighted by molar-refractivity contribution is 0.243. The second kappa shape index (κ2) is 4.55. The molecule has 0 spiro atoms. The summed E-state index contributed by atoms with van der Waals surface area (Å²) in [5.41, 5.74) is -0.0416. The van der Waals surface area contributed by atoms with Gasteiger partial charge in [-0.25, -0.2) is 0 Å². The Hall–Kier alpha value is -0.873. The van der Waals surface area contributed by atoms with E-state index in [1.807, 2.05) is 0 Å². The van der Waals surface area contributed by atoms with Crippen LogP contribution in [0.3, 0.4) is 0 Å². The SMILES string of the molecule is CC(C)(C)[Si](C)(C)OCc1cc(=O)cco1. The highest BCUT2D eigenvalue weighted by Crippen LogP contribution is 2.36. The minimum Gasteiger partial charge on any atom is -0.467 e. The van der Waals surface area contributed by atoms with Crippen molar-refractivity contribution >= 4 is 8.32 Å². The second-order valence-electron chi connectivity index (χ2n) is 5.48. The van der Waals surface area contributed by atoms with Gasteiger partial charge < -0.3 is 8.84 Å². The van der Waals surface area contributed by atoms with Gasteiger partial charge in [-0.3, -0.25) is 4.79 Å². The van der Waals surface area contributed by atoms with Crippen LogP contribution in [0.4, 0.5) is 0 Å². The summed E-state index contributed by atoms with van der Waals surface area (Å²) < 4.78 is 11.2. The third-order valence-electron chi connectivity index (χ3n) is 3.14. The fourth-order valence-electron chi connectivity index (χ4n) is 0.973. The maximum absolute atomic E-state index is 11.1. The van der Waals surface area contributed by atoms with E-state index in [4.69, 9.17) is 8.84 Å².